The zero-order valence-electron chi connectivity index (χ0n) is 7.37. The number of rotatable bonds is 6. The van der Waals surface area contributed by atoms with Crippen molar-refractivity contribution in [3.63, 3.8) is 0 Å². The van der Waals surface area contributed by atoms with Crippen molar-refractivity contribution in [2.24, 2.45) is 0 Å². The highest BCUT2D eigenvalue weighted by molar-refractivity contribution is 7.99. The third-order valence-corrected chi connectivity index (χ3v) is 1.72. The monoisotopic (exact) mass is 193 g/mol. The maximum absolute atomic E-state index is 10.9. The van der Waals surface area contributed by atoms with Gasteiger partial charge >= 0.3 is 0 Å². The third-order valence-electron chi connectivity index (χ3n) is 1.17. The number of ether oxygens (including phenoxy) is 1. The molecule has 0 bridgehead atoms. The molecule has 1 unspecified atom stereocenters. The molecule has 5 heteroatoms. The van der Waals surface area contributed by atoms with E-state index in [2.05, 4.69) is 10.1 Å². The van der Waals surface area contributed by atoms with E-state index in [-0.39, 0.29) is 19.1 Å². The zero-order valence-corrected chi connectivity index (χ0v) is 8.19. The molecule has 0 aliphatic rings. The number of aliphatic hydroxyl groups is 1. The quantitative estimate of drug-likeness (QED) is 0.595. The summed E-state index contributed by atoms with van der Waals surface area (Å²) in [7, 11) is 1.51. The molecule has 12 heavy (non-hydrogen) atoms. The Morgan fingerprint density at radius 2 is 2.42 bits per heavy atom. The van der Waals surface area contributed by atoms with Gasteiger partial charge in [-0.2, -0.15) is 11.8 Å². The molecule has 1 amide bonds. The lowest BCUT2D eigenvalue weighted by Gasteiger charge is -2.09. The van der Waals surface area contributed by atoms with Crippen LogP contribution >= 0.6 is 11.8 Å². The van der Waals surface area contributed by atoms with Gasteiger partial charge in [0.1, 0.15) is 0 Å². The summed E-state index contributed by atoms with van der Waals surface area (Å²) in [6, 6.07) is 0. The van der Waals surface area contributed by atoms with E-state index < -0.39 is 6.10 Å². The van der Waals surface area contributed by atoms with Crippen LogP contribution in [0.2, 0.25) is 0 Å². The number of hydrogen-bond acceptors (Lipinski definition) is 4. The van der Waals surface area contributed by atoms with Gasteiger partial charge in [0, 0.05) is 13.7 Å². The molecule has 72 valence electrons. The Morgan fingerprint density at radius 1 is 1.75 bits per heavy atom. The molecule has 0 saturated carbocycles. The predicted molar refractivity (Wildman–Crippen MR) is 49.3 cm³/mol. The largest absolute Gasteiger partial charge is 0.389 e. The van der Waals surface area contributed by atoms with Crippen LogP contribution in [-0.4, -0.2) is 49.4 Å². The van der Waals surface area contributed by atoms with Gasteiger partial charge in [-0.1, -0.05) is 0 Å². The van der Waals surface area contributed by atoms with Gasteiger partial charge in [0.2, 0.25) is 5.91 Å². The molecule has 0 aromatic carbocycles. The first-order valence-electron chi connectivity index (χ1n) is 3.63. The van der Waals surface area contributed by atoms with Crippen molar-refractivity contribution in [3.8, 4) is 0 Å². The summed E-state index contributed by atoms with van der Waals surface area (Å²) in [6.07, 6.45) is 1.24. The lowest BCUT2D eigenvalue weighted by Crippen LogP contribution is -2.35. The van der Waals surface area contributed by atoms with Gasteiger partial charge in [-0.15, -0.1) is 0 Å². The average molecular weight is 193 g/mol. The van der Waals surface area contributed by atoms with Crippen LogP contribution in [0.25, 0.3) is 0 Å². The SMILES string of the molecule is COCC(O)CNC(=O)CSC. The minimum Gasteiger partial charge on any atom is -0.389 e. The Balaban J connectivity index is 3.33. The van der Waals surface area contributed by atoms with Crippen molar-refractivity contribution in [1.82, 2.24) is 5.32 Å². The van der Waals surface area contributed by atoms with Crippen LogP contribution in [0.1, 0.15) is 0 Å². The number of thioether (sulfide) groups is 1. The van der Waals surface area contributed by atoms with E-state index in [0.717, 1.165) is 0 Å². The van der Waals surface area contributed by atoms with Gasteiger partial charge in [0.25, 0.3) is 0 Å². The fourth-order valence-electron chi connectivity index (χ4n) is 0.665. The summed E-state index contributed by atoms with van der Waals surface area (Å²) < 4.78 is 4.69. The van der Waals surface area contributed by atoms with Crippen molar-refractivity contribution in [1.29, 1.82) is 0 Å². The maximum Gasteiger partial charge on any atom is 0.230 e. The topological polar surface area (TPSA) is 58.6 Å². The summed E-state index contributed by atoms with van der Waals surface area (Å²) in [5, 5.41) is 11.7. The molecule has 1 atom stereocenters. The first-order valence-corrected chi connectivity index (χ1v) is 5.02. The molecule has 0 aliphatic heterocycles. The highest BCUT2D eigenvalue weighted by atomic mass is 32.2. The van der Waals surface area contributed by atoms with E-state index in [1.807, 2.05) is 6.26 Å². The Morgan fingerprint density at radius 3 is 2.92 bits per heavy atom. The van der Waals surface area contributed by atoms with E-state index in [1.54, 1.807) is 0 Å². The van der Waals surface area contributed by atoms with Crippen molar-refractivity contribution >= 4 is 17.7 Å². The van der Waals surface area contributed by atoms with E-state index in [1.165, 1.54) is 18.9 Å². The molecular weight excluding hydrogens is 178 g/mol. The lowest BCUT2D eigenvalue weighted by molar-refractivity contribution is -0.119. The van der Waals surface area contributed by atoms with E-state index in [9.17, 15) is 4.79 Å². The molecule has 0 heterocycles. The minimum atomic E-state index is -0.610. The van der Waals surface area contributed by atoms with Gasteiger partial charge in [-0.25, -0.2) is 0 Å². The second-order valence-corrected chi connectivity index (χ2v) is 3.21. The lowest BCUT2D eigenvalue weighted by atomic mass is 10.4. The van der Waals surface area contributed by atoms with E-state index in [0.29, 0.717) is 5.75 Å². The fourth-order valence-corrected chi connectivity index (χ4v) is 1.03. The molecule has 0 radical (unpaired) electrons. The molecule has 2 N–H and O–H groups in total. The normalized spacial score (nSPS) is 12.6. The highest BCUT2D eigenvalue weighted by Crippen LogP contribution is 1.89. The molecule has 0 rings (SSSR count). The van der Waals surface area contributed by atoms with Crippen LogP contribution in [-0.2, 0) is 9.53 Å². The highest BCUT2D eigenvalue weighted by Gasteiger charge is 2.05. The fraction of sp³-hybridized carbons (Fsp3) is 0.857. The number of carbonyl (C=O) groups excluding carboxylic acids is 1. The van der Waals surface area contributed by atoms with Crippen LogP contribution in [0.3, 0.4) is 0 Å². The van der Waals surface area contributed by atoms with Crippen LogP contribution in [0, 0.1) is 0 Å². The van der Waals surface area contributed by atoms with E-state index in [4.69, 9.17) is 5.11 Å². The van der Waals surface area contributed by atoms with Gasteiger partial charge < -0.3 is 15.2 Å². The maximum atomic E-state index is 10.9. The molecule has 0 aromatic rings. The number of aliphatic hydroxyl groups excluding tert-OH is 1. The second-order valence-electron chi connectivity index (χ2n) is 2.35. The minimum absolute atomic E-state index is 0.0577. The summed E-state index contributed by atoms with van der Waals surface area (Å²) in [4.78, 5) is 10.9. The molecule has 0 saturated heterocycles. The number of hydrogen-bond donors (Lipinski definition) is 2. The van der Waals surface area contributed by atoms with Crippen molar-refractivity contribution in [3.05, 3.63) is 0 Å². The molecule has 0 aliphatic carbocycles. The van der Waals surface area contributed by atoms with E-state index >= 15 is 0 Å². The third kappa shape index (κ3) is 6.45. The van der Waals surface area contributed by atoms with Crippen LogP contribution < -0.4 is 5.32 Å². The average Bonchev–Trinajstić information content (AvgIpc) is 2.02. The van der Waals surface area contributed by atoms with Crippen LogP contribution in [0.4, 0.5) is 0 Å². The second kappa shape index (κ2) is 7.39. The summed E-state index contributed by atoms with van der Waals surface area (Å²) >= 11 is 1.45. The Bertz CT molecular complexity index is 132. The summed E-state index contributed by atoms with van der Waals surface area (Å²) in [5.41, 5.74) is 0. The first-order chi connectivity index (χ1) is 5.70. The van der Waals surface area contributed by atoms with Gasteiger partial charge in [0.15, 0.2) is 0 Å². The van der Waals surface area contributed by atoms with Crippen LogP contribution in [0.5, 0.6) is 0 Å². The number of nitrogens with one attached hydrogen (secondary N) is 1. The van der Waals surface area contributed by atoms with Crippen molar-refractivity contribution in [2.75, 3.05) is 32.3 Å². The molecule has 0 spiro atoms. The van der Waals surface area contributed by atoms with Crippen LogP contribution in [0.15, 0.2) is 0 Å². The number of carbonyl (C=O) groups is 1. The molecule has 4 nitrogen and oxygen atoms in total. The molecule has 0 fully saturated rings. The Labute approximate surface area is 76.7 Å². The summed E-state index contributed by atoms with van der Waals surface area (Å²) in [6.45, 7) is 0.507. The van der Waals surface area contributed by atoms with Gasteiger partial charge in [0.05, 0.1) is 18.5 Å². The standard InChI is InChI=1S/C7H15NO3S/c1-11-4-6(9)3-8-7(10)5-12-2/h6,9H,3-5H2,1-2H3,(H,8,10). The van der Waals surface area contributed by atoms with Crippen molar-refractivity contribution in [2.45, 2.75) is 6.10 Å². The molecular formula is C7H15NO3S. The summed E-state index contributed by atoms with van der Waals surface area (Å²) in [5.74, 6) is 0.373. The van der Waals surface area contributed by atoms with Gasteiger partial charge in [-0.3, -0.25) is 4.79 Å². The Kier molecular flexibility index (Phi) is 7.23. The van der Waals surface area contributed by atoms with Gasteiger partial charge in [-0.05, 0) is 6.26 Å². The van der Waals surface area contributed by atoms with Crippen molar-refractivity contribution < 1.29 is 14.6 Å². The number of amides is 1. The number of methoxy groups -OCH3 is 1. The smallest absolute Gasteiger partial charge is 0.230 e. The first kappa shape index (κ1) is 11.7. The Hall–Kier alpha value is -0.260. The molecule has 0 aromatic heterocycles. The predicted octanol–water partition coefficient (Wildman–Crippen LogP) is -0.527. The zero-order chi connectivity index (χ0) is 9.40.